The molecule has 0 aromatic heterocycles. The van der Waals surface area contributed by atoms with Crippen molar-refractivity contribution in [2.24, 2.45) is 10.7 Å². The first-order valence-electron chi connectivity index (χ1n) is 5.75. The maximum Gasteiger partial charge on any atom is 0.189 e. The second kappa shape index (κ2) is 6.34. The van der Waals surface area contributed by atoms with Crippen molar-refractivity contribution in [2.75, 3.05) is 0 Å². The summed E-state index contributed by atoms with van der Waals surface area (Å²) in [6.07, 6.45) is 12.1. The minimum atomic E-state index is 0.211. The van der Waals surface area contributed by atoms with Crippen LogP contribution >= 0.6 is 0 Å². The monoisotopic (exact) mass is 207 g/mol. The minimum absolute atomic E-state index is 0.211. The summed E-state index contributed by atoms with van der Waals surface area (Å²) in [7, 11) is 0. The molecule has 0 aliphatic heterocycles. The predicted molar refractivity (Wildman–Crippen MR) is 64.5 cm³/mol. The molecular formula is C12H21N3. The summed E-state index contributed by atoms with van der Waals surface area (Å²) in [5, 5.41) is 3.11. The van der Waals surface area contributed by atoms with Crippen LogP contribution in [0.4, 0.5) is 0 Å². The highest BCUT2D eigenvalue weighted by Gasteiger charge is 2.12. The first kappa shape index (κ1) is 11.9. The number of nitrogens with one attached hydrogen (secondary N) is 1. The van der Waals surface area contributed by atoms with Crippen LogP contribution in [0.15, 0.2) is 4.99 Å². The number of guanidine groups is 1. The van der Waals surface area contributed by atoms with Crippen molar-refractivity contribution in [1.29, 1.82) is 0 Å². The van der Waals surface area contributed by atoms with Gasteiger partial charge >= 0.3 is 0 Å². The molecular weight excluding hydrogens is 186 g/mol. The maximum atomic E-state index is 5.81. The van der Waals surface area contributed by atoms with E-state index in [1.54, 1.807) is 0 Å². The number of aliphatic imine (C=N–C) groups is 1. The van der Waals surface area contributed by atoms with E-state index in [0.29, 0.717) is 18.4 Å². The second-order valence-corrected chi connectivity index (χ2v) is 4.26. The SMILES string of the molecule is C#CCC(C)NC(N)=NC1CCCCC1. The van der Waals surface area contributed by atoms with Gasteiger partial charge in [0.1, 0.15) is 0 Å². The Hall–Kier alpha value is -1.17. The van der Waals surface area contributed by atoms with E-state index >= 15 is 0 Å². The third kappa shape index (κ3) is 4.73. The molecule has 0 radical (unpaired) electrons. The third-order valence-corrected chi connectivity index (χ3v) is 2.71. The van der Waals surface area contributed by atoms with Crippen molar-refractivity contribution in [1.82, 2.24) is 5.32 Å². The number of nitrogens with two attached hydrogens (primary N) is 1. The lowest BCUT2D eigenvalue weighted by molar-refractivity contribution is 0.441. The van der Waals surface area contributed by atoms with Gasteiger partial charge in [0.15, 0.2) is 5.96 Å². The van der Waals surface area contributed by atoms with Crippen LogP contribution in [0.5, 0.6) is 0 Å². The zero-order valence-electron chi connectivity index (χ0n) is 9.50. The lowest BCUT2D eigenvalue weighted by atomic mass is 9.96. The van der Waals surface area contributed by atoms with Crippen LogP contribution in [0.25, 0.3) is 0 Å². The maximum absolute atomic E-state index is 5.81. The fourth-order valence-electron chi connectivity index (χ4n) is 1.92. The third-order valence-electron chi connectivity index (χ3n) is 2.71. The summed E-state index contributed by atoms with van der Waals surface area (Å²) in [4.78, 5) is 4.47. The molecule has 1 atom stereocenters. The first-order valence-corrected chi connectivity index (χ1v) is 5.75. The quantitative estimate of drug-likeness (QED) is 0.420. The highest BCUT2D eigenvalue weighted by molar-refractivity contribution is 5.78. The van der Waals surface area contributed by atoms with Gasteiger partial charge in [-0.05, 0) is 19.8 Å². The van der Waals surface area contributed by atoms with Crippen LogP contribution in [0.2, 0.25) is 0 Å². The summed E-state index contributed by atoms with van der Waals surface area (Å²) in [6.45, 7) is 2.02. The molecule has 1 aliphatic rings. The molecule has 0 heterocycles. The topological polar surface area (TPSA) is 50.4 Å². The lowest BCUT2D eigenvalue weighted by Crippen LogP contribution is -2.39. The number of hydrogen-bond donors (Lipinski definition) is 2. The first-order chi connectivity index (χ1) is 7.22. The van der Waals surface area contributed by atoms with Crippen molar-refractivity contribution < 1.29 is 0 Å². The molecule has 0 amide bonds. The van der Waals surface area contributed by atoms with Crippen molar-refractivity contribution in [2.45, 2.75) is 57.5 Å². The van der Waals surface area contributed by atoms with Crippen LogP contribution in [0, 0.1) is 12.3 Å². The summed E-state index contributed by atoms with van der Waals surface area (Å²) < 4.78 is 0. The molecule has 0 saturated heterocycles. The molecule has 3 nitrogen and oxygen atoms in total. The van der Waals surface area contributed by atoms with E-state index in [9.17, 15) is 0 Å². The van der Waals surface area contributed by atoms with E-state index in [0.717, 1.165) is 0 Å². The van der Waals surface area contributed by atoms with Crippen LogP contribution in [-0.4, -0.2) is 18.0 Å². The van der Waals surface area contributed by atoms with E-state index in [4.69, 9.17) is 12.2 Å². The zero-order chi connectivity index (χ0) is 11.1. The predicted octanol–water partition coefficient (Wildman–Crippen LogP) is 1.64. The van der Waals surface area contributed by atoms with Gasteiger partial charge in [0, 0.05) is 12.5 Å². The average molecular weight is 207 g/mol. The van der Waals surface area contributed by atoms with Crippen LogP contribution in [-0.2, 0) is 0 Å². The molecule has 0 bridgehead atoms. The van der Waals surface area contributed by atoms with Gasteiger partial charge in [-0.3, -0.25) is 4.99 Å². The number of rotatable bonds is 3. The van der Waals surface area contributed by atoms with Gasteiger partial charge in [0.05, 0.1) is 6.04 Å². The Kier molecular flexibility index (Phi) is 5.03. The Bertz CT molecular complexity index is 246. The average Bonchev–Trinajstić information content (AvgIpc) is 2.19. The fraction of sp³-hybridized carbons (Fsp3) is 0.750. The summed E-state index contributed by atoms with van der Waals surface area (Å²) in [5.74, 6) is 3.15. The van der Waals surface area contributed by atoms with E-state index in [1.807, 2.05) is 6.92 Å². The summed E-state index contributed by atoms with van der Waals surface area (Å²) in [5.41, 5.74) is 5.81. The van der Waals surface area contributed by atoms with Crippen molar-refractivity contribution >= 4 is 5.96 Å². The normalized spacial score (nSPS) is 20.7. The molecule has 3 heteroatoms. The number of nitrogens with zero attached hydrogens (tertiary/aromatic N) is 1. The van der Waals surface area contributed by atoms with Gasteiger partial charge in [-0.2, -0.15) is 0 Å². The van der Waals surface area contributed by atoms with Gasteiger partial charge < -0.3 is 11.1 Å². The number of hydrogen-bond acceptors (Lipinski definition) is 1. The molecule has 0 aromatic carbocycles. The van der Waals surface area contributed by atoms with Crippen molar-refractivity contribution in [3.8, 4) is 12.3 Å². The second-order valence-electron chi connectivity index (χ2n) is 4.26. The Labute approximate surface area is 92.5 Å². The molecule has 15 heavy (non-hydrogen) atoms. The number of terminal acetylenes is 1. The van der Waals surface area contributed by atoms with Gasteiger partial charge in [0.25, 0.3) is 0 Å². The summed E-state index contributed by atoms with van der Waals surface area (Å²) in [6, 6.07) is 0.631. The van der Waals surface area contributed by atoms with Crippen LogP contribution < -0.4 is 11.1 Å². The fourth-order valence-corrected chi connectivity index (χ4v) is 1.92. The Balaban J connectivity index is 2.34. The Morgan fingerprint density at radius 2 is 2.20 bits per heavy atom. The Morgan fingerprint density at radius 1 is 1.53 bits per heavy atom. The van der Waals surface area contributed by atoms with Crippen LogP contribution in [0.3, 0.4) is 0 Å². The highest BCUT2D eigenvalue weighted by Crippen LogP contribution is 2.19. The van der Waals surface area contributed by atoms with Crippen molar-refractivity contribution in [3.05, 3.63) is 0 Å². The lowest BCUT2D eigenvalue weighted by Gasteiger charge is -2.19. The van der Waals surface area contributed by atoms with E-state index in [-0.39, 0.29) is 6.04 Å². The van der Waals surface area contributed by atoms with Crippen LogP contribution in [0.1, 0.15) is 45.4 Å². The minimum Gasteiger partial charge on any atom is -0.370 e. The smallest absolute Gasteiger partial charge is 0.189 e. The molecule has 1 unspecified atom stereocenters. The molecule has 3 N–H and O–H groups in total. The van der Waals surface area contributed by atoms with Gasteiger partial charge in [-0.15, -0.1) is 12.3 Å². The van der Waals surface area contributed by atoms with E-state index in [2.05, 4.69) is 16.2 Å². The van der Waals surface area contributed by atoms with E-state index < -0.39 is 0 Å². The molecule has 0 spiro atoms. The van der Waals surface area contributed by atoms with Gasteiger partial charge in [-0.1, -0.05) is 19.3 Å². The largest absolute Gasteiger partial charge is 0.370 e. The molecule has 1 aliphatic carbocycles. The van der Waals surface area contributed by atoms with E-state index in [1.165, 1.54) is 32.1 Å². The standard InChI is InChI=1S/C12H21N3/c1-3-7-10(2)14-12(13)15-11-8-5-4-6-9-11/h1,10-11H,4-9H2,2H3,(H3,13,14,15). The molecule has 1 fully saturated rings. The molecule has 84 valence electrons. The molecule has 1 rings (SSSR count). The summed E-state index contributed by atoms with van der Waals surface area (Å²) >= 11 is 0. The van der Waals surface area contributed by atoms with Crippen molar-refractivity contribution in [3.63, 3.8) is 0 Å². The highest BCUT2D eigenvalue weighted by atomic mass is 15.1. The van der Waals surface area contributed by atoms with Gasteiger partial charge in [-0.25, -0.2) is 0 Å². The Morgan fingerprint density at radius 3 is 2.80 bits per heavy atom. The van der Waals surface area contributed by atoms with Gasteiger partial charge in [0.2, 0.25) is 0 Å². The molecule has 1 saturated carbocycles. The zero-order valence-corrected chi connectivity index (χ0v) is 9.50. The molecule has 0 aromatic rings.